The zero-order valence-corrected chi connectivity index (χ0v) is 29.4. The molecule has 0 radical (unpaired) electrons. The summed E-state index contributed by atoms with van der Waals surface area (Å²) in [5, 5.41) is 15.1. The molecule has 5 heterocycles. The molecule has 0 amide bonds. The minimum absolute atomic E-state index is 0.0497. The summed E-state index contributed by atoms with van der Waals surface area (Å²) < 4.78 is 0. The molecule has 3 aromatic heterocycles. The quantitative estimate of drug-likeness (QED) is 0.137. The molecule has 260 valence electrons. The number of nitro groups is 1. The molecule has 5 aromatic carbocycles. The fraction of sp³-hybridized carbons (Fsp3) is 0. The monoisotopic (exact) mass is 709 g/mol. The lowest BCUT2D eigenvalue weighted by Gasteiger charge is -2.06. The van der Waals surface area contributed by atoms with Gasteiger partial charge < -0.3 is 9.97 Å². The maximum atomic E-state index is 13.0. The van der Waals surface area contributed by atoms with Crippen LogP contribution in [0.1, 0.15) is 22.8 Å². The molecule has 55 heavy (non-hydrogen) atoms. The van der Waals surface area contributed by atoms with Gasteiger partial charge in [-0.1, -0.05) is 146 Å². The molecule has 0 unspecified atom stereocenters. The van der Waals surface area contributed by atoms with E-state index in [1.54, 1.807) is 6.07 Å². The van der Waals surface area contributed by atoms with E-state index < -0.39 is 0 Å². The largest absolute Gasteiger partial charge is 0.353 e. The van der Waals surface area contributed by atoms with E-state index in [2.05, 4.69) is 58.5 Å². The first-order valence-corrected chi connectivity index (χ1v) is 18.1. The van der Waals surface area contributed by atoms with Crippen molar-refractivity contribution in [1.29, 1.82) is 0 Å². The fourth-order valence-corrected chi connectivity index (χ4v) is 7.89. The van der Waals surface area contributed by atoms with E-state index >= 15 is 0 Å². The third-order valence-corrected chi connectivity index (χ3v) is 10.3. The smallest absolute Gasteiger partial charge is 0.295 e. The zero-order valence-electron chi connectivity index (χ0n) is 29.4. The van der Waals surface area contributed by atoms with Gasteiger partial charge in [-0.2, -0.15) is 0 Å². The van der Waals surface area contributed by atoms with E-state index in [0.717, 1.165) is 72.1 Å². The Hall–Kier alpha value is -7.64. The lowest BCUT2D eigenvalue weighted by Crippen LogP contribution is -1.91. The number of aromatic amines is 2. The minimum Gasteiger partial charge on any atom is -0.353 e. The Labute approximate surface area is 315 Å². The van der Waals surface area contributed by atoms with E-state index in [-0.39, 0.29) is 10.6 Å². The summed E-state index contributed by atoms with van der Waals surface area (Å²) in [6.07, 6.45) is 8.02. The predicted octanol–water partition coefficient (Wildman–Crippen LogP) is 12.4. The number of fused-ring (bicyclic) bond motifs is 11. The number of benzene rings is 5. The summed E-state index contributed by atoms with van der Waals surface area (Å²) in [5.74, 6) is 0. The van der Waals surface area contributed by atoms with Crippen molar-refractivity contribution in [2.75, 3.05) is 0 Å². The first-order valence-electron chi connectivity index (χ1n) is 18.1. The van der Waals surface area contributed by atoms with Gasteiger partial charge >= 0.3 is 0 Å². The highest BCUT2D eigenvalue weighted by Gasteiger charge is 2.24. The Morgan fingerprint density at radius 2 is 0.764 bits per heavy atom. The number of nitrogens with zero attached hydrogens (tertiary/aromatic N) is 3. The summed E-state index contributed by atoms with van der Waals surface area (Å²) in [7, 11) is 0. The molecule has 8 bridgehead atoms. The highest BCUT2D eigenvalue weighted by molar-refractivity contribution is 6.16. The lowest BCUT2D eigenvalue weighted by molar-refractivity contribution is -0.382. The van der Waals surface area contributed by atoms with Crippen LogP contribution in [0.4, 0.5) is 5.69 Å². The second-order valence-corrected chi connectivity index (χ2v) is 13.5. The molecule has 2 aliphatic heterocycles. The molecule has 7 heteroatoms. The summed E-state index contributed by atoms with van der Waals surface area (Å²) in [6.45, 7) is 0. The van der Waals surface area contributed by atoms with Crippen LogP contribution in [0.25, 0.3) is 102 Å². The number of H-pyrrole nitrogens is 2. The van der Waals surface area contributed by atoms with Gasteiger partial charge in [0, 0.05) is 39.1 Å². The Bertz CT molecular complexity index is 3040. The van der Waals surface area contributed by atoms with E-state index in [1.807, 2.05) is 121 Å². The molecule has 0 fully saturated rings. The molecule has 0 saturated carbocycles. The third kappa shape index (κ3) is 5.45. The molecule has 0 spiro atoms. The van der Waals surface area contributed by atoms with Crippen LogP contribution in [0.3, 0.4) is 0 Å². The first-order chi connectivity index (χ1) is 27.1. The van der Waals surface area contributed by atoms with Crippen molar-refractivity contribution in [3.63, 3.8) is 0 Å². The molecular formula is C48H31N5O2. The van der Waals surface area contributed by atoms with Crippen molar-refractivity contribution in [1.82, 2.24) is 19.9 Å². The average molecular weight is 710 g/mol. The zero-order chi connectivity index (χ0) is 36.9. The molecule has 2 N–H and O–H groups in total. The van der Waals surface area contributed by atoms with E-state index in [9.17, 15) is 10.1 Å². The van der Waals surface area contributed by atoms with Crippen molar-refractivity contribution in [2.24, 2.45) is 0 Å². The van der Waals surface area contributed by atoms with Crippen LogP contribution in [0.15, 0.2) is 152 Å². The topological polar surface area (TPSA) is 100 Å². The number of aromatic nitrogens is 4. The highest BCUT2D eigenvalue weighted by atomic mass is 16.6. The fourth-order valence-electron chi connectivity index (χ4n) is 7.89. The Kier molecular flexibility index (Phi) is 7.63. The van der Waals surface area contributed by atoms with Crippen LogP contribution in [0.5, 0.6) is 0 Å². The molecule has 10 rings (SSSR count). The van der Waals surface area contributed by atoms with Gasteiger partial charge in [-0.15, -0.1) is 0 Å². The third-order valence-electron chi connectivity index (χ3n) is 10.3. The van der Waals surface area contributed by atoms with E-state index in [4.69, 9.17) is 9.97 Å². The Morgan fingerprint density at radius 1 is 0.418 bits per heavy atom. The summed E-state index contributed by atoms with van der Waals surface area (Å²) in [5.41, 5.74) is 12.5. The number of hydrogen-bond donors (Lipinski definition) is 2. The van der Waals surface area contributed by atoms with Crippen LogP contribution < -0.4 is 0 Å². The molecular weight excluding hydrogens is 679 g/mol. The van der Waals surface area contributed by atoms with Gasteiger partial charge in [0.1, 0.15) is 5.52 Å². The lowest BCUT2D eigenvalue weighted by atomic mass is 10.0. The van der Waals surface area contributed by atoms with Gasteiger partial charge in [-0.3, -0.25) is 10.1 Å². The van der Waals surface area contributed by atoms with Gasteiger partial charge in [-0.05, 0) is 46.6 Å². The van der Waals surface area contributed by atoms with Crippen LogP contribution in [-0.4, -0.2) is 24.9 Å². The van der Waals surface area contributed by atoms with Crippen molar-refractivity contribution < 1.29 is 4.92 Å². The number of nitrogens with one attached hydrogen (secondary N) is 2. The van der Waals surface area contributed by atoms with E-state index in [0.29, 0.717) is 28.0 Å². The molecule has 7 nitrogen and oxygen atoms in total. The van der Waals surface area contributed by atoms with Crippen molar-refractivity contribution in [3.05, 3.63) is 185 Å². The van der Waals surface area contributed by atoms with Crippen molar-refractivity contribution in [3.8, 4) is 44.5 Å². The Balaban J connectivity index is 1.50. The summed E-state index contributed by atoms with van der Waals surface area (Å²) in [6, 6.07) is 50.3. The molecule has 0 atom stereocenters. The maximum Gasteiger partial charge on any atom is 0.295 e. The van der Waals surface area contributed by atoms with Crippen molar-refractivity contribution >= 4 is 62.8 Å². The SMILES string of the molecule is O=[N+]([O-])c1cc2[nH]c1c(-c1ccccc1)c1nc(c(-c3ccccc3)c3[nH]c(c(-c4ccccc4)c4nc(c2-c2ccccc2)C=C4)c2ccccc32)C=C1. The van der Waals surface area contributed by atoms with Gasteiger partial charge in [0.25, 0.3) is 5.69 Å². The van der Waals surface area contributed by atoms with Gasteiger partial charge in [0.15, 0.2) is 0 Å². The van der Waals surface area contributed by atoms with Gasteiger partial charge in [0.2, 0.25) is 0 Å². The van der Waals surface area contributed by atoms with Gasteiger partial charge in [-0.25, -0.2) is 9.97 Å². The molecule has 0 aliphatic carbocycles. The summed E-state index contributed by atoms with van der Waals surface area (Å²) in [4.78, 5) is 30.8. The standard InChI is InChI=1S/C48H31N5O2/c54-53(55)41-29-40-42(30-15-5-1-6-16-30)36-25-26-37(49-36)43(31-17-7-2-8-18-31)46-34-23-13-14-24-35(34)47(52-46)44(32-19-9-3-10-20-32)38-27-28-39(50-38)45(48(41)51-40)33-21-11-4-12-22-33/h1-29,51-52H. The predicted molar refractivity (Wildman–Crippen MR) is 225 cm³/mol. The average Bonchev–Trinajstić information content (AvgIpc) is 4.06. The normalized spacial score (nSPS) is 12.0. The second kappa shape index (κ2) is 13.1. The highest BCUT2D eigenvalue weighted by Crippen LogP contribution is 2.43. The van der Waals surface area contributed by atoms with Crippen molar-refractivity contribution in [2.45, 2.75) is 0 Å². The van der Waals surface area contributed by atoms with Crippen LogP contribution in [0.2, 0.25) is 0 Å². The van der Waals surface area contributed by atoms with E-state index in [1.165, 1.54) is 0 Å². The maximum absolute atomic E-state index is 13.0. The minimum atomic E-state index is -0.322. The van der Waals surface area contributed by atoms with Crippen LogP contribution in [0, 0.1) is 10.1 Å². The van der Waals surface area contributed by atoms with Gasteiger partial charge in [0.05, 0.1) is 44.2 Å². The molecule has 8 aromatic rings. The first kappa shape index (κ1) is 32.0. The molecule has 0 saturated heterocycles. The molecule has 2 aliphatic rings. The Morgan fingerprint density at radius 3 is 1.16 bits per heavy atom. The number of hydrogen-bond acceptors (Lipinski definition) is 4. The number of rotatable bonds is 5. The second-order valence-electron chi connectivity index (χ2n) is 13.5. The van der Waals surface area contributed by atoms with Crippen LogP contribution >= 0.6 is 0 Å². The van der Waals surface area contributed by atoms with Crippen LogP contribution in [-0.2, 0) is 0 Å². The summed E-state index contributed by atoms with van der Waals surface area (Å²) >= 11 is 0.